The molecule has 94 valence electrons. The van der Waals surface area contributed by atoms with Crippen LogP contribution < -0.4 is 11.1 Å². The molecule has 3 heteroatoms. The van der Waals surface area contributed by atoms with Crippen LogP contribution in [0.1, 0.15) is 31.2 Å². The van der Waals surface area contributed by atoms with Crippen molar-refractivity contribution >= 4 is 11.4 Å². The molecular weight excluding hydrogens is 212 g/mol. The number of hydrogen-bond acceptors (Lipinski definition) is 3. The van der Waals surface area contributed by atoms with Crippen molar-refractivity contribution in [3.05, 3.63) is 23.8 Å². The standard InChI is InChI=1S/C14H22N2O/c1-11-4-5-12(8-13(11)15)16-9-14(10-17)6-2-3-7-14/h4-5,8,16-17H,2-3,6-7,9-10,15H2,1H3. The predicted molar refractivity (Wildman–Crippen MR) is 72.1 cm³/mol. The van der Waals surface area contributed by atoms with Crippen LogP contribution in [-0.2, 0) is 0 Å². The summed E-state index contributed by atoms with van der Waals surface area (Å²) in [5.74, 6) is 0. The Balaban J connectivity index is 1.99. The van der Waals surface area contributed by atoms with Gasteiger partial charge in [-0.05, 0) is 37.5 Å². The molecule has 4 N–H and O–H groups in total. The first-order chi connectivity index (χ1) is 8.15. The lowest BCUT2D eigenvalue weighted by atomic mass is 9.87. The van der Waals surface area contributed by atoms with Gasteiger partial charge in [0.2, 0.25) is 0 Å². The lowest BCUT2D eigenvalue weighted by molar-refractivity contribution is 0.142. The first-order valence-corrected chi connectivity index (χ1v) is 6.36. The summed E-state index contributed by atoms with van der Waals surface area (Å²) in [4.78, 5) is 0. The summed E-state index contributed by atoms with van der Waals surface area (Å²) in [6.07, 6.45) is 4.71. The van der Waals surface area contributed by atoms with Crippen LogP contribution in [0.5, 0.6) is 0 Å². The molecule has 0 saturated heterocycles. The number of rotatable bonds is 4. The molecule has 0 unspecified atom stereocenters. The zero-order valence-electron chi connectivity index (χ0n) is 10.5. The lowest BCUT2D eigenvalue weighted by Crippen LogP contribution is -2.30. The van der Waals surface area contributed by atoms with Crippen LogP contribution in [0.3, 0.4) is 0 Å². The summed E-state index contributed by atoms with van der Waals surface area (Å²) < 4.78 is 0. The fourth-order valence-corrected chi connectivity index (χ4v) is 2.56. The zero-order chi connectivity index (χ0) is 12.3. The second-order valence-electron chi connectivity index (χ2n) is 5.29. The van der Waals surface area contributed by atoms with Gasteiger partial charge in [-0.1, -0.05) is 18.9 Å². The van der Waals surface area contributed by atoms with Gasteiger partial charge in [-0.2, -0.15) is 0 Å². The molecule has 1 aliphatic rings. The highest BCUT2D eigenvalue weighted by Crippen LogP contribution is 2.37. The SMILES string of the molecule is Cc1ccc(NCC2(CO)CCCC2)cc1N. The topological polar surface area (TPSA) is 58.3 Å². The van der Waals surface area contributed by atoms with Gasteiger partial charge in [-0.25, -0.2) is 0 Å². The molecule has 0 radical (unpaired) electrons. The second kappa shape index (κ2) is 4.96. The molecule has 2 rings (SSSR count). The first kappa shape index (κ1) is 12.2. The van der Waals surface area contributed by atoms with Gasteiger partial charge in [0.05, 0.1) is 6.61 Å². The van der Waals surface area contributed by atoms with E-state index in [0.29, 0.717) is 0 Å². The molecule has 1 saturated carbocycles. The third-order valence-electron chi connectivity index (χ3n) is 3.95. The van der Waals surface area contributed by atoms with E-state index in [4.69, 9.17) is 5.73 Å². The highest BCUT2D eigenvalue weighted by atomic mass is 16.3. The predicted octanol–water partition coefficient (Wildman–Crippen LogP) is 2.54. The quantitative estimate of drug-likeness (QED) is 0.702. The Kier molecular flexibility index (Phi) is 3.57. The maximum absolute atomic E-state index is 9.53. The number of nitrogen functional groups attached to an aromatic ring is 1. The van der Waals surface area contributed by atoms with Crippen molar-refractivity contribution in [2.24, 2.45) is 5.41 Å². The number of nitrogens with two attached hydrogens (primary N) is 1. The molecule has 0 spiro atoms. The van der Waals surface area contributed by atoms with Crippen molar-refractivity contribution in [1.82, 2.24) is 0 Å². The van der Waals surface area contributed by atoms with Crippen LogP contribution in [0, 0.1) is 12.3 Å². The minimum atomic E-state index is 0.0830. The molecule has 0 amide bonds. The summed E-state index contributed by atoms with van der Waals surface area (Å²) in [6, 6.07) is 6.04. The van der Waals surface area contributed by atoms with E-state index in [9.17, 15) is 5.11 Å². The molecular formula is C14H22N2O. The molecule has 17 heavy (non-hydrogen) atoms. The van der Waals surface area contributed by atoms with Crippen LogP contribution in [0.25, 0.3) is 0 Å². The normalized spacial score (nSPS) is 18.2. The molecule has 1 fully saturated rings. The van der Waals surface area contributed by atoms with E-state index in [1.54, 1.807) is 0 Å². The number of aliphatic hydroxyl groups is 1. The van der Waals surface area contributed by atoms with Gasteiger partial charge in [0.1, 0.15) is 0 Å². The Hall–Kier alpha value is -1.22. The molecule has 1 aromatic carbocycles. The Morgan fingerprint density at radius 3 is 2.65 bits per heavy atom. The van der Waals surface area contributed by atoms with Gasteiger partial charge in [0, 0.05) is 23.3 Å². The fourth-order valence-electron chi connectivity index (χ4n) is 2.56. The maximum Gasteiger partial charge on any atom is 0.0504 e. The molecule has 0 aromatic heterocycles. The maximum atomic E-state index is 9.53. The van der Waals surface area contributed by atoms with Crippen molar-refractivity contribution in [3.63, 3.8) is 0 Å². The Morgan fingerprint density at radius 1 is 1.35 bits per heavy atom. The molecule has 0 aliphatic heterocycles. The number of hydrogen-bond donors (Lipinski definition) is 3. The van der Waals surface area contributed by atoms with E-state index in [2.05, 4.69) is 5.32 Å². The third kappa shape index (κ3) is 2.72. The summed E-state index contributed by atoms with van der Waals surface area (Å²) in [6.45, 7) is 3.12. The Morgan fingerprint density at radius 2 is 2.06 bits per heavy atom. The number of benzene rings is 1. The average molecular weight is 234 g/mol. The summed E-state index contributed by atoms with van der Waals surface area (Å²) in [5.41, 5.74) is 8.94. The van der Waals surface area contributed by atoms with E-state index in [1.165, 1.54) is 12.8 Å². The van der Waals surface area contributed by atoms with E-state index in [0.717, 1.165) is 36.3 Å². The number of nitrogens with one attached hydrogen (secondary N) is 1. The number of aliphatic hydroxyl groups excluding tert-OH is 1. The second-order valence-corrected chi connectivity index (χ2v) is 5.29. The van der Waals surface area contributed by atoms with Crippen LogP contribution in [0.4, 0.5) is 11.4 Å². The summed E-state index contributed by atoms with van der Waals surface area (Å²) in [7, 11) is 0. The van der Waals surface area contributed by atoms with Crippen LogP contribution in [0.2, 0.25) is 0 Å². The van der Waals surface area contributed by atoms with Crippen molar-refractivity contribution in [2.45, 2.75) is 32.6 Å². The molecule has 3 nitrogen and oxygen atoms in total. The zero-order valence-corrected chi connectivity index (χ0v) is 10.5. The lowest BCUT2D eigenvalue weighted by Gasteiger charge is -2.27. The molecule has 0 bridgehead atoms. The average Bonchev–Trinajstić information content (AvgIpc) is 2.80. The number of aryl methyl sites for hydroxylation is 1. The van der Waals surface area contributed by atoms with Crippen LogP contribution in [0.15, 0.2) is 18.2 Å². The summed E-state index contributed by atoms with van der Waals surface area (Å²) >= 11 is 0. The summed E-state index contributed by atoms with van der Waals surface area (Å²) in [5, 5.41) is 12.9. The van der Waals surface area contributed by atoms with Crippen LogP contribution >= 0.6 is 0 Å². The van der Waals surface area contributed by atoms with Gasteiger partial charge in [-0.3, -0.25) is 0 Å². The van der Waals surface area contributed by atoms with E-state index in [-0.39, 0.29) is 12.0 Å². The van der Waals surface area contributed by atoms with Gasteiger partial charge in [0.25, 0.3) is 0 Å². The third-order valence-corrected chi connectivity index (χ3v) is 3.95. The molecule has 0 heterocycles. The fraction of sp³-hybridized carbons (Fsp3) is 0.571. The molecule has 1 aliphatic carbocycles. The monoisotopic (exact) mass is 234 g/mol. The Bertz CT molecular complexity index is 384. The minimum absolute atomic E-state index is 0.0830. The smallest absolute Gasteiger partial charge is 0.0504 e. The largest absolute Gasteiger partial charge is 0.398 e. The van der Waals surface area contributed by atoms with Gasteiger partial charge < -0.3 is 16.2 Å². The van der Waals surface area contributed by atoms with E-state index >= 15 is 0 Å². The van der Waals surface area contributed by atoms with Gasteiger partial charge in [0.15, 0.2) is 0 Å². The van der Waals surface area contributed by atoms with E-state index < -0.39 is 0 Å². The number of anilines is 2. The highest BCUT2D eigenvalue weighted by molar-refractivity contribution is 5.58. The highest BCUT2D eigenvalue weighted by Gasteiger charge is 2.32. The van der Waals surface area contributed by atoms with E-state index in [1.807, 2.05) is 25.1 Å². The van der Waals surface area contributed by atoms with Gasteiger partial charge >= 0.3 is 0 Å². The first-order valence-electron chi connectivity index (χ1n) is 6.36. The molecule has 1 aromatic rings. The minimum Gasteiger partial charge on any atom is -0.398 e. The van der Waals surface area contributed by atoms with Crippen molar-refractivity contribution in [2.75, 3.05) is 24.2 Å². The van der Waals surface area contributed by atoms with Crippen molar-refractivity contribution in [3.8, 4) is 0 Å². The Labute approximate surface area is 103 Å². The van der Waals surface area contributed by atoms with Crippen molar-refractivity contribution in [1.29, 1.82) is 0 Å². The van der Waals surface area contributed by atoms with Crippen LogP contribution in [-0.4, -0.2) is 18.3 Å². The van der Waals surface area contributed by atoms with Gasteiger partial charge in [-0.15, -0.1) is 0 Å². The van der Waals surface area contributed by atoms with Crippen molar-refractivity contribution < 1.29 is 5.11 Å². The molecule has 0 atom stereocenters.